The van der Waals surface area contributed by atoms with E-state index in [9.17, 15) is 4.11 Å². The van der Waals surface area contributed by atoms with Crippen LogP contribution < -0.4 is 0 Å². The Hall–Kier alpha value is 0.147. The van der Waals surface area contributed by atoms with Crippen LogP contribution in [0.2, 0.25) is 18.6 Å². The molecule has 0 fully saturated rings. The minimum atomic E-state index is -2.15. The van der Waals surface area contributed by atoms with Crippen molar-refractivity contribution >= 4 is 8.41 Å². The molecule has 0 unspecified atom stereocenters. The molecule has 0 aliphatic heterocycles. The highest BCUT2D eigenvalue weighted by Gasteiger charge is 2.20. The third-order valence-electron chi connectivity index (χ3n) is 1.47. The molecule has 0 atom stereocenters. The molecule has 0 spiro atoms. The summed E-state index contributed by atoms with van der Waals surface area (Å²) in [5.41, 5.74) is 0. The smallest absolute Gasteiger partial charge is 0.243 e. The van der Waals surface area contributed by atoms with E-state index < -0.39 is 8.41 Å². The quantitative estimate of drug-likeness (QED) is 0.388. The average molecular weight is 120 g/mol. The molecule has 2 heteroatoms. The van der Waals surface area contributed by atoms with Gasteiger partial charge in [0.15, 0.2) is 0 Å². The first-order chi connectivity index (χ1) is 3.12. The van der Waals surface area contributed by atoms with Gasteiger partial charge in [-0.3, -0.25) is 0 Å². The molecule has 0 aromatic rings. The molecule has 7 heavy (non-hydrogen) atoms. The normalized spacial score (nSPS) is 12.0. The van der Waals surface area contributed by atoms with Crippen LogP contribution in [-0.4, -0.2) is 8.41 Å². The van der Waals surface area contributed by atoms with Gasteiger partial charge in [0.05, 0.1) is 0 Å². The fourth-order valence-corrected chi connectivity index (χ4v) is 0.750. The highest BCUT2D eigenvalue weighted by Crippen LogP contribution is 2.14. The van der Waals surface area contributed by atoms with E-state index >= 15 is 0 Å². The largest absolute Gasteiger partial charge is 0.314 e. The summed E-state index contributed by atoms with van der Waals surface area (Å²) < 4.78 is 12.7. The van der Waals surface area contributed by atoms with Gasteiger partial charge in [-0.25, -0.2) is 0 Å². The number of rotatable bonds is 2. The van der Waals surface area contributed by atoms with E-state index in [0.29, 0.717) is 0 Å². The molecule has 0 bridgehead atoms. The van der Waals surface area contributed by atoms with Crippen LogP contribution in [-0.2, 0) is 0 Å². The van der Waals surface area contributed by atoms with Crippen LogP contribution in [0.15, 0.2) is 0 Å². The van der Waals surface area contributed by atoms with Gasteiger partial charge in [-0.05, 0) is 18.6 Å². The van der Waals surface area contributed by atoms with Crippen molar-refractivity contribution in [2.75, 3.05) is 0 Å². The van der Waals surface area contributed by atoms with Gasteiger partial charge >= 0.3 is 0 Å². The van der Waals surface area contributed by atoms with Gasteiger partial charge in [-0.2, -0.15) is 0 Å². The van der Waals surface area contributed by atoms with Crippen molar-refractivity contribution in [3.8, 4) is 0 Å². The van der Waals surface area contributed by atoms with Gasteiger partial charge in [0, 0.05) is 0 Å². The molecule has 0 aliphatic rings. The molecule has 0 nitrogen and oxygen atoms in total. The van der Waals surface area contributed by atoms with Crippen LogP contribution in [0, 0.1) is 0 Å². The van der Waals surface area contributed by atoms with Crippen LogP contribution in [0.3, 0.4) is 0 Å². The van der Waals surface area contributed by atoms with E-state index in [2.05, 4.69) is 0 Å². The lowest BCUT2D eigenvalue weighted by atomic mass is 10.9. The first-order valence-corrected chi connectivity index (χ1v) is 5.60. The number of halogens is 1. The van der Waals surface area contributed by atoms with Crippen LogP contribution in [0.1, 0.15) is 13.8 Å². The number of hydrogen-bond donors (Lipinski definition) is 0. The third-order valence-corrected chi connectivity index (χ3v) is 4.42. The van der Waals surface area contributed by atoms with E-state index in [1.54, 1.807) is 6.55 Å². The highest BCUT2D eigenvalue weighted by atomic mass is 28.4. The van der Waals surface area contributed by atoms with Gasteiger partial charge in [0.1, 0.15) is 0 Å². The third kappa shape index (κ3) is 2.80. The zero-order valence-electron chi connectivity index (χ0n) is 5.29. The zero-order valence-corrected chi connectivity index (χ0v) is 6.29. The van der Waals surface area contributed by atoms with Crippen molar-refractivity contribution < 1.29 is 4.11 Å². The lowest BCUT2D eigenvalue weighted by molar-refractivity contribution is 0.772. The van der Waals surface area contributed by atoms with Gasteiger partial charge in [0.25, 0.3) is 0 Å². The molecule has 0 aromatic carbocycles. The lowest BCUT2D eigenvalue weighted by Gasteiger charge is -2.09. The predicted octanol–water partition coefficient (Wildman–Crippen LogP) is 2.57. The molecule has 0 amide bonds. The molecule has 0 radical (unpaired) electrons. The molecular weight excluding hydrogens is 107 g/mol. The molecule has 0 N–H and O–H groups in total. The van der Waals surface area contributed by atoms with E-state index in [1.807, 2.05) is 13.8 Å². The Morgan fingerprint density at radius 1 is 1.29 bits per heavy atom. The molecule has 0 heterocycles. The maximum absolute atomic E-state index is 12.7. The summed E-state index contributed by atoms with van der Waals surface area (Å²) in [6.07, 6.45) is 0. The van der Waals surface area contributed by atoms with E-state index in [4.69, 9.17) is 0 Å². The first kappa shape index (κ1) is 7.15. The monoisotopic (exact) mass is 120 g/mol. The van der Waals surface area contributed by atoms with Crippen molar-refractivity contribution in [1.29, 1.82) is 0 Å². The number of hydrogen-bond acceptors (Lipinski definition) is 0. The summed E-state index contributed by atoms with van der Waals surface area (Å²) in [5, 5.41) is 0. The fraction of sp³-hybridized carbons (Fsp3) is 1.00. The predicted molar refractivity (Wildman–Crippen MR) is 33.7 cm³/mol. The Kier molecular flexibility index (Phi) is 2.50. The minimum Gasteiger partial charge on any atom is -0.314 e. The Morgan fingerprint density at radius 3 is 1.57 bits per heavy atom. The SMILES string of the molecule is CC[Si](C)(F)CC. The molecule has 0 aromatic heterocycles. The zero-order chi connectivity index (χ0) is 5.91. The van der Waals surface area contributed by atoms with Crippen LogP contribution in [0.5, 0.6) is 0 Å². The molecule has 44 valence electrons. The van der Waals surface area contributed by atoms with Crippen molar-refractivity contribution in [3.05, 3.63) is 0 Å². The highest BCUT2D eigenvalue weighted by molar-refractivity contribution is 6.71. The van der Waals surface area contributed by atoms with Crippen LogP contribution >= 0.6 is 0 Å². The summed E-state index contributed by atoms with van der Waals surface area (Å²) >= 11 is 0. The molecule has 0 saturated heterocycles. The second-order valence-electron chi connectivity index (χ2n) is 2.12. The van der Waals surface area contributed by atoms with E-state index in [1.165, 1.54) is 0 Å². The summed E-state index contributed by atoms with van der Waals surface area (Å²) in [6.45, 7) is 5.62. The molecule has 0 saturated carbocycles. The second-order valence-corrected chi connectivity index (χ2v) is 6.36. The van der Waals surface area contributed by atoms with Gasteiger partial charge in [-0.15, -0.1) is 0 Å². The van der Waals surface area contributed by atoms with Gasteiger partial charge < -0.3 is 4.11 Å². The molecular formula is C5H13FSi. The van der Waals surface area contributed by atoms with Crippen molar-refractivity contribution in [2.24, 2.45) is 0 Å². The van der Waals surface area contributed by atoms with Gasteiger partial charge in [-0.1, -0.05) is 13.8 Å². The summed E-state index contributed by atoms with van der Waals surface area (Å²) in [6, 6.07) is 1.53. The minimum absolute atomic E-state index is 0.767. The van der Waals surface area contributed by atoms with Crippen LogP contribution in [0.25, 0.3) is 0 Å². The van der Waals surface area contributed by atoms with E-state index in [-0.39, 0.29) is 0 Å². The van der Waals surface area contributed by atoms with Crippen LogP contribution in [0.4, 0.5) is 4.11 Å². The standard InChI is InChI=1S/C5H13FSi/c1-4-7(3,6)5-2/h4-5H2,1-3H3. The summed E-state index contributed by atoms with van der Waals surface area (Å²) in [5.74, 6) is 0. The summed E-state index contributed by atoms with van der Waals surface area (Å²) in [4.78, 5) is 0. The van der Waals surface area contributed by atoms with Crippen molar-refractivity contribution in [3.63, 3.8) is 0 Å². The maximum Gasteiger partial charge on any atom is 0.243 e. The Morgan fingerprint density at radius 2 is 1.57 bits per heavy atom. The topological polar surface area (TPSA) is 0 Å². The van der Waals surface area contributed by atoms with E-state index in [0.717, 1.165) is 12.1 Å². The van der Waals surface area contributed by atoms with Crippen molar-refractivity contribution in [2.45, 2.75) is 32.5 Å². The molecule has 0 rings (SSSR count). The fourth-order valence-electron chi connectivity index (χ4n) is 0.250. The Labute approximate surface area is 45.9 Å². The Balaban J connectivity index is 3.36. The first-order valence-electron chi connectivity index (χ1n) is 2.81. The molecule has 0 aliphatic carbocycles. The van der Waals surface area contributed by atoms with Crippen molar-refractivity contribution in [1.82, 2.24) is 0 Å². The average Bonchev–Trinajstić information content (AvgIpc) is 1.68. The Bertz CT molecular complexity index is 46.0. The summed E-state index contributed by atoms with van der Waals surface area (Å²) in [7, 11) is -2.15. The van der Waals surface area contributed by atoms with Gasteiger partial charge in [0.2, 0.25) is 8.41 Å². The lowest BCUT2D eigenvalue weighted by Crippen LogP contribution is -2.19. The second kappa shape index (κ2) is 2.45. The maximum atomic E-state index is 12.7.